The zero-order valence-corrected chi connectivity index (χ0v) is 24.2. The topological polar surface area (TPSA) is 79.7 Å². The molecule has 0 amide bonds. The Morgan fingerprint density at radius 2 is 1.57 bits per heavy atom. The lowest BCUT2D eigenvalue weighted by Gasteiger charge is -2.33. The van der Waals surface area contributed by atoms with Gasteiger partial charge in [0.2, 0.25) is 0 Å². The van der Waals surface area contributed by atoms with Gasteiger partial charge >= 0.3 is 0 Å². The summed E-state index contributed by atoms with van der Waals surface area (Å²) in [4.78, 5) is 19.2. The number of hydrogen-bond donors (Lipinski definition) is 1. The second-order valence-corrected chi connectivity index (χ2v) is 12.0. The third-order valence-electron chi connectivity index (χ3n) is 7.32. The Morgan fingerprint density at radius 1 is 0.900 bits per heavy atom. The highest BCUT2D eigenvalue weighted by atomic mass is 16.1. The normalized spacial score (nSPS) is 12.9. The highest BCUT2D eigenvalue weighted by molar-refractivity contribution is 5.79. The second kappa shape index (κ2) is 11.2. The van der Waals surface area contributed by atoms with Crippen molar-refractivity contribution in [3.8, 4) is 0 Å². The standard InChI is InChI=1S/C33H38N6O/c1-22(2)26-15-13-25(14-16-26)21-38(20-24-10-8-7-9-11-24)30(31-35-36-37-39(31)33(4,5)6)28-19-27-18-23(3)12-17-29(27)34-32(28)40/h7-19,22,30H,20-21H2,1-6H3,(H,34,40)/t30-/m1/s1. The van der Waals surface area contributed by atoms with E-state index in [0.29, 0.717) is 30.4 Å². The smallest absolute Gasteiger partial charge is 0.253 e. The average molecular weight is 535 g/mol. The number of pyridine rings is 1. The number of tetrazole rings is 1. The molecule has 1 N–H and O–H groups in total. The highest BCUT2D eigenvalue weighted by Gasteiger charge is 2.33. The van der Waals surface area contributed by atoms with Crippen LogP contribution in [0, 0.1) is 6.92 Å². The molecular weight excluding hydrogens is 496 g/mol. The first-order valence-corrected chi connectivity index (χ1v) is 13.9. The quantitative estimate of drug-likeness (QED) is 0.246. The molecule has 0 spiro atoms. The molecule has 5 aromatic rings. The number of nitrogens with one attached hydrogen (secondary N) is 1. The molecule has 7 heteroatoms. The van der Waals surface area contributed by atoms with Gasteiger partial charge in [-0.3, -0.25) is 9.69 Å². The van der Waals surface area contributed by atoms with Gasteiger partial charge in [-0.15, -0.1) is 5.10 Å². The van der Waals surface area contributed by atoms with Crippen molar-refractivity contribution in [2.45, 2.75) is 72.1 Å². The van der Waals surface area contributed by atoms with Crippen LogP contribution >= 0.6 is 0 Å². The fraction of sp³-hybridized carbons (Fsp3) is 0.333. The molecule has 0 bridgehead atoms. The van der Waals surface area contributed by atoms with Gasteiger partial charge < -0.3 is 4.98 Å². The van der Waals surface area contributed by atoms with Crippen molar-refractivity contribution in [1.29, 1.82) is 0 Å². The van der Waals surface area contributed by atoms with Crippen molar-refractivity contribution < 1.29 is 0 Å². The largest absolute Gasteiger partial charge is 0.322 e. The van der Waals surface area contributed by atoms with Crippen LogP contribution in [-0.2, 0) is 18.6 Å². The molecule has 5 rings (SSSR count). The molecule has 0 aliphatic rings. The fourth-order valence-electron chi connectivity index (χ4n) is 5.19. The van der Waals surface area contributed by atoms with Crippen LogP contribution in [0.5, 0.6) is 0 Å². The molecule has 0 saturated heterocycles. The van der Waals surface area contributed by atoms with E-state index in [1.165, 1.54) is 5.56 Å². The van der Waals surface area contributed by atoms with Crippen molar-refractivity contribution in [2.75, 3.05) is 0 Å². The van der Waals surface area contributed by atoms with Crippen LogP contribution in [0.3, 0.4) is 0 Å². The van der Waals surface area contributed by atoms with Gasteiger partial charge in [-0.25, -0.2) is 4.68 Å². The van der Waals surface area contributed by atoms with Crippen molar-refractivity contribution in [3.05, 3.63) is 123 Å². The van der Waals surface area contributed by atoms with Gasteiger partial charge in [0.15, 0.2) is 5.82 Å². The molecule has 7 nitrogen and oxygen atoms in total. The highest BCUT2D eigenvalue weighted by Crippen LogP contribution is 2.32. The molecule has 0 saturated carbocycles. The maximum absolute atomic E-state index is 13.8. The first-order valence-electron chi connectivity index (χ1n) is 13.9. The van der Waals surface area contributed by atoms with Crippen LogP contribution in [0.2, 0.25) is 0 Å². The van der Waals surface area contributed by atoms with Crippen LogP contribution in [-0.4, -0.2) is 30.1 Å². The van der Waals surface area contributed by atoms with E-state index in [9.17, 15) is 4.79 Å². The predicted octanol–water partition coefficient (Wildman–Crippen LogP) is 6.49. The summed E-state index contributed by atoms with van der Waals surface area (Å²) in [6, 6.07) is 26.7. The van der Waals surface area contributed by atoms with Crippen LogP contribution in [0.1, 0.15) is 80.2 Å². The molecule has 0 radical (unpaired) electrons. The summed E-state index contributed by atoms with van der Waals surface area (Å²) in [7, 11) is 0. The number of aromatic nitrogens is 5. The lowest BCUT2D eigenvalue weighted by atomic mass is 9.98. The molecule has 0 aliphatic carbocycles. The summed E-state index contributed by atoms with van der Waals surface area (Å²) >= 11 is 0. The Balaban J connectivity index is 1.71. The lowest BCUT2D eigenvalue weighted by molar-refractivity contribution is 0.184. The maximum atomic E-state index is 13.8. The Hall–Kier alpha value is -4.10. The molecule has 0 aliphatic heterocycles. The van der Waals surface area contributed by atoms with E-state index in [4.69, 9.17) is 0 Å². The molecule has 3 aromatic carbocycles. The second-order valence-electron chi connectivity index (χ2n) is 12.0. The zero-order valence-electron chi connectivity index (χ0n) is 24.2. The lowest BCUT2D eigenvalue weighted by Crippen LogP contribution is -2.37. The SMILES string of the molecule is Cc1ccc2[nH]c(=O)c([C@H](c3nnnn3C(C)(C)C)N(Cc3ccccc3)Cc3ccc(C(C)C)cc3)cc2c1. The van der Waals surface area contributed by atoms with Crippen molar-refractivity contribution in [3.63, 3.8) is 0 Å². The molecule has 206 valence electrons. The van der Waals surface area contributed by atoms with Gasteiger partial charge in [0.05, 0.1) is 5.54 Å². The van der Waals surface area contributed by atoms with Crippen molar-refractivity contribution in [2.24, 2.45) is 0 Å². The number of benzene rings is 3. The molecule has 1 atom stereocenters. The van der Waals surface area contributed by atoms with Crippen LogP contribution in [0.15, 0.2) is 83.7 Å². The van der Waals surface area contributed by atoms with Gasteiger partial charge in [0.25, 0.3) is 5.56 Å². The molecule has 0 fully saturated rings. The third-order valence-corrected chi connectivity index (χ3v) is 7.32. The minimum atomic E-state index is -0.493. The van der Waals surface area contributed by atoms with E-state index >= 15 is 0 Å². The van der Waals surface area contributed by atoms with Gasteiger partial charge in [-0.05, 0) is 84.3 Å². The first-order chi connectivity index (χ1) is 19.1. The minimum Gasteiger partial charge on any atom is -0.322 e. The van der Waals surface area contributed by atoms with Crippen LogP contribution in [0.4, 0.5) is 0 Å². The molecule has 40 heavy (non-hydrogen) atoms. The number of aryl methyl sites for hydroxylation is 1. The van der Waals surface area contributed by atoms with E-state index in [1.54, 1.807) is 0 Å². The number of hydrogen-bond acceptors (Lipinski definition) is 5. The van der Waals surface area contributed by atoms with Crippen LogP contribution < -0.4 is 5.56 Å². The average Bonchev–Trinajstić information content (AvgIpc) is 3.41. The Labute approximate surface area is 235 Å². The molecular formula is C33H38N6O. The molecule has 2 aromatic heterocycles. The summed E-state index contributed by atoms with van der Waals surface area (Å²) in [5.74, 6) is 1.10. The third kappa shape index (κ3) is 5.89. The summed E-state index contributed by atoms with van der Waals surface area (Å²) in [6.07, 6.45) is 0. The molecule has 0 unspecified atom stereocenters. The Bertz CT molecular complexity index is 1650. The van der Waals surface area contributed by atoms with E-state index in [2.05, 4.69) is 109 Å². The number of fused-ring (bicyclic) bond motifs is 1. The number of nitrogens with zero attached hydrogens (tertiary/aromatic N) is 5. The van der Waals surface area contributed by atoms with E-state index in [1.807, 2.05) is 41.1 Å². The van der Waals surface area contributed by atoms with Gasteiger partial charge in [-0.1, -0.05) is 80.1 Å². The van der Waals surface area contributed by atoms with Gasteiger partial charge in [0.1, 0.15) is 6.04 Å². The van der Waals surface area contributed by atoms with Gasteiger partial charge in [0, 0.05) is 24.2 Å². The number of rotatable bonds is 8. The Morgan fingerprint density at radius 3 is 2.23 bits per heavy atom. The summed E-state index contributed by atoms with van der Waals surface area (Å²) in [5.41, 5.74) is 5.65. The minimum absolute atomic E-state index is 0.141. The monoisotopic (exact) mass is 534 g/mol. The Kier molecular flexibility index (Phi) is 7.68. The fourth-order valence-corrected chi connectivity index (χ4v) is 5.19. The van der Waals surface area contributed by atoms with Gasteiger partial charge in [-0.2, -0.15) is 0 Å². The van der Waals surface area contributed by atoms with E-state index in [-0.39, 0.29) is 11.1 Å². The van der Waals surface area contributed by atoms with E-state index in [0.717, 1.165) is 27.6 Å². The van der Waals surface area contributed by atoms with E-state index < -0.39 is 6.04 Å². The summed E-state index contributed by atoms with van der Waals surface area (Å²) in [5, 5.41) is 14.0. The van der Waals surface area contributed by atoms with Crippen molar-refractivity contribution >= 4 is 10.9 Å². The van der Waals surface area contributed by atoms with Crippen LogP contribution in [0.25, 0.3) is 10.9 Å². The van der Waals surface area contributed by atoms with Crippen molar-refractivity contribution in [1.82, 2.24) is 30.1 Å². The summed E-state index contributed by atoms with van der Waals surface area (Å²) < 4.78 is 1.84. The number of H-pyrrole nitrogens is 1. The zero-order chi connectivity index (χ0) is 28.4. The maximum Gasteiger partial charge on any atom is 0.253 e. The number of aromatic amines is 1. The predicted molar refractivity (Wildman–Crippen MR) is 160 cm³/mol. The molecule has 2 heterocycles. The summed E-state index contributed by atoms with van der Waals surface area (Å²) in [6.45, 7) is 13.9. The first kappa shape index (κ1) is 27.5.